The van der Waals surface area contributed by atoms with E-state index >= 15 is 0 Å². The van der Waals surface area contributed by atoms with Gasteiger partial charge in [0.05, 0.1) is 28.0 Å². The molecule has 2 heterocycles. The van der Waals surface area contributed by atoms with Gasteiger partial charge in [-0.25, -0.2) is 8.78 Å². The van der Waals surface area contributed by atoms with Crippen LogP contribution in [0.15, 0.2) is 41.6 Å². The van der Waals surface area contributed by atoms with Crippen LogP contribution >= 0.6 is 0 Å². The minimum absolute atomic E-state index is 0. The summed E-state index contributed by atoms with van der Waals surface area (Å²) in [5, 5.41) is 10.7. The molecule has 8 heteroatoms. The Morgan fingerprint density at radius 2 is 1.92 bits per heavy atom. The predicted molar refractivity (Wildman–Crippen MR) is 81.4 cm³/mol. The first-order chi connectivity index (χ1) is 11.5. The largest absolute Gasteiger partial charge is 1.00 e. The summed E-state index contributed by atoms with van der Waals surface area (Å²) in [7, 11) is 0. The van der Waals surface area contributed by atoms with Gasteiger partial charge in [0, 0.05) is 25.1 Å². The molecule has 0 aliphatic rings. The molecule has 0 fully saturated rings. The van der Waals surface area contributed by atoms with E-state index in [4.69, 9.17) is 0 Å². The second kappa shape index (κ2) is 7.43. The van der Waals surface area contributed by atoms with E-state index in [0.717, 1.165) is 12.3 Å². The molecular weight excluding hydrogens is 341 g/mol. The molecule has 0 spiro atoms. The second-order valence-electron chi connectivity index (χ2n) is 5.12. The summed E-state index contributed by atoms with van der Waals surface area (Å²) in [6.45, 7) is 1.84. The number of hydrogen-bond donors (Lipinski definition) is 0. The summed E-state index contributed by atoms with van der Waals surface area (Å²) < 4.78 is 30.7. The molecule has 2 aromatic heterocycles. The molecule has 3 rings (SSSR count). The van der Waals surface area contributed by atoms with Gasteiger partial charge in [-0.05, 0) is 30.7 Å². The van der Waals surface area contributed by atoms with E-state index < -0.39 is 28.6 Å². The average molecular weight is 352 g/mol. The van der Waals surface area contributed by atoms with Crippen molar-refractivity contribution in [2.75, 3.05) is 0 Å². The normalized spacial score (nSPS) is 10.5. The Balaban J connectivity index is 0.00000225. The van der Waals surface area contributed by atoms with Gasteiger partial charge in [-0.3, -0.25) is 9.78 Å². The molecular formula is C17H11F2N2NaO3. The Bertz CT molecular complexity index is 1020. The molecule has 0 aliphatic heterocycles. The number of halogens is 2. The molecule has 0 unspecified atom stereocenters. The van der Waals surface area contributed by atoms with Crippen LogP contribution in [0.25, 0.3) is 22.0 Å². The number of fused-ring (bicyclic) bond motifs is 1. The summed E-state index contributed by atoms with van der Waals surface area (Å²) in [5.74, 6) is -3.58. The fraction of sp³-hybridized carbons (Fsp3) is 0.118. The van der Waals surface area contributed by atoms with Crippen LogP contribution in [-0.2, 0) is 6.54 Å². The van der Waals surface area contributed by atoms with Crippen LogP contribution < -0.4 is 40.1 Å². The summed E-state index contributed by atoms with van der Waals surface area (Å²) in [6.07, 6.45) is 3.80. The van der Waals surface area contributed by atoms with Crippen molar-refractivity contribution in [3.8, 4) is 11.1 Å². The Hall–Kier alpha value is -2.09. The molecule has 0 bridgehead atoms. The molecule has 5 nitrogen and oxygen atoms in total. The number of carbonyl (C=O) groups is 1. The zero-order valence-electron chi connectivity index (χ0n) is 13.5. The quantitative estimate of drug-likeness (QED) is 0.551. The first-order valence-electron chi connectivity index (χ1n) is 7.12. The number of carboxylic acids is 1. The number of rotatable bonds is 3. The summed E-state index contributed by atoms with van der Waals surface area (Å²) in [5.41, 5.74) is -1.80. The van der Waals surface area contributed by atoms with Crippen LogP contribution in [0, 0.1) is 11.6 Å². The van der Waals surface area contributed by atoms with Gasteiger partial charge in [-0.1, -0.05) is 0 Å². The zero-order valence-corrected chi connectivity index (χ0v) is 15.5. The van der Waals surface area contributed by atoms with Crippen molar-refractivity contribution < 1.29 is 48.2 Å². The summed E-state index contributed by atoms with van der Waals surface area (Å²) >= 11 is 0. The van der Waals surface area contributed by atoms with Crippen molar-refractivity contribution in [3.05, 3.63) is 64.2 Å². The maximum Gasteiger partial charge on any atom is 1.00 e. The first-order valence-corrected chi connectivity index (χ1v) is 7.12. The van der Waals surface area contributed by atoms with Crippen molar-refractivity contribution in [1.29, 1.82) is 0 Å². The van der Waals surface area contributed by atoms with E-state index in [0.29, 0.717) is 0 Å². The maximum absolute atomic E-state index is 15.0. The van der Waals surface area contributed by atoms with Crippen LogP contribution in [0.3, 0.4) is 0 Å². The van der Waals surface area contributed by atoms with Crippen molar-refractivity contribution in [2.45, 2.75) is 13.5 Å². The number of benzene rings is 1. The van der Waals surface area contributed by atoms with Crippen LogP contribution in [0.4, 0.5) is 8.78 Å². The van der Waals surface area contributed by atoms with E-state index in [1.165, 1.54) is 29.1 Å². The summed E-state index contributed by atoms with van der Waals surface area (Å²) in [4.78, 5) is 27.1. The van der Waals surface area contributed by atoms with Crippen molar-refractivity contribution in [3.63, 3.8) is 0 Å². The van der Waals surface area contributed by atoms with Gasteiger partial charge in [-0.2, -0.15) is 0 Å². The number of aromatic nitrogens is 2. The Morgan fingerprint density at radius 1 is 1.28 bits per heavy atom. The molecule has 122 valence electrons. The number of carboxylic acid groups (broad SMARTS) is 1. The number of hydrogen-bond acceptors (Lipinski definition) is 4. The molecule has 0 saturated carbocycles. The number of pyridine rings is 2. The SMILES string of the molecule is CCn1cc(C(=O)[O-])c(=O)c2cc(F)c(-c3ccncc3)c(F)c21.[Na+]. The monoisotopic (exact) mass is 352 g/mol. The first kappa shape index (κ1) is 19.2. The molecule has 0 atom stereocenters. The minimum Gasteiger partial charge on any atom is -0.545 e. The smallest absolute Gasteiger partial charge is 0.545 e. The van der Waals surface area contributed by atoms with Gasteiger partial charge in [0.25, 0.3) is 0 Å². The molecule has 25 heavy (non-hydrogen) atoms. The third kappa shape index (κ3) is 3.22. The van der Waals surface area contributed by atoms with Crippen LogP contribution in [-0.4, -0.2) is 15.5 Å². The molecule has 0 amide bonds. The van der Waals surface area contributed by atoms with E-state index in [9.17, 15) is 23.5 Å². The topological polar surface area (TPSA) is 75.0 Å². The van der Waals surface area contributed by atoms with Crippen LogP contribution in [0.1, 0.15) is 17.3 Å². The zero-order chi connectivity index (χ0) is 17.4. The number of nitrogens with zero attached hydrogens (tertiary/aromatic N) is 2. The molecule has 0 N–H and O–H groups in total. The van der Waals surface area contributed by atoms with Crippen molar-refractivity contribution in [1.82, 2.24) is 9.55 Å². The van der Waals surface area contributed by atoms with E-state index in [1.807, 2.05) is 0 Å². The van der Waals surface area contributed by atoms with Crippen molar-refractivity contribution in [2.24, 2.45) is 0 Å². The molecule has 0 saturated heterocycles. The van der Waals surface area contributed by atoms with Crippen molar-refractivity contribution >= 4 is 16.9 Å². The van der Waals surface area contributed by atoms with E-state index in [2.05, 4.69) is 4.98 Å². The molecule has 3 aromatic rings. The third-order valence-electron chi connectivity index (χ3n) is 3.78. The van der Waals surface area contributed by atoms with Gasteiger partial charge < -0.3 is 14.5 Å². The van der Waals surface area contributed by atoms with Gasteiger partial charge in [0.15, 0.2) is 11.2 Å². The Morgan fingerprint density at radius 3 is 2.48 bits per heavy atom. The van der Waals surface area contributed by atoms with Gasteiger partial charge in [-0.15, -0.1) is 0 Å². The Kier molecular flexibility index (Phi) is 5.72. The maximum atomic E-state index is 15.0. The molecule has 0 radical (unpaired) electrons. The van der Waals surface area contributed by atoms with Gasteiger partial charge in [0.2, 0.25) is 0 Å². The number of carbonyl (C=O) groups excluding carboxylic acids is 1. The molecule has 0 aliphatic carbocycles. The predicted octanol–water partition coefficient (Wildman–Crippen LogP) is -1.27. The van der Waals surface area contributed by atoms with E-state index in [-0.39, 0.29) is 58.1 Å². The Labute approximate surface area is 163 Å². The standard InChI is InChI=1S/C17H12F2N2O3.Na/c1-2-21-8-11(17(23)24)16(22)10-7-12(18)13(14(19)15(10)21)9-3-5-20-6-4-9;/h3-8H,2H2,1H3,(H,23,24);/q;+1/p-1. The average Bonchev–Trinajstić information content (AvgIpc) is 2.56. The minimum atomic E-state index is -1.69. The fourth-order valence-electron chi connectivity index (χ4n) is 2.66. The number of aryl methyl sites for hydroxylation is 1. The van der Waals surface area contributed by atoms with Gasteiger partial charge >= 0.3 is 29.6 Å². The third-order valence-corrected chi connectivity index (χ3v) is 3.78. The second-order valence-corrected chi connectivity index (χ2v) is 5.12. The van der Waals surface area contributed by atoms with Crippen LogP contribution in [0.5, 0.6) is 0 Å². The molecule has 1 aromatic carbocycles. The summed E-state index contributed by atoms with van der Waals surface area (Å²) in [6, 6.07) is 3.74. The van der Waals surface area contributed by atoms with Gasteiger partial charge in [0.1, 0.15) is 5.82 Å². The number of aromatic carboxylic acids is 1. The van der Waals surface area contributed by atoms with Crippen LogP contribution in [0.2, 0.25) is 0 Å². The van der Waals surface area contributed by atoms with E-state index in [1.54, 1.807) is 6.92 Å². The fourth-order valence-corrected chi connectivity index (χ4v) is 2.66.